The van der Waals surface area contributed by atoms with Gasteiger partial charge in [0.1, 0.15) is 0 Å². The van der Waals surface area contributed by atoms with Crippen LogP contribution >= 0.6 is 39.1 Å². The number of unbranched alkanes of at least 4 members (excludes halogenated alkanes) is 1. The fraction of sp³-hybridized carbons (Fsp3) is 0.571. The first-order valence-corrected chi connectivity index (χ1v) is 8.01. The molecule has 0 saturated carbocycles. The van der Waals surface area contributed by atoms with E-state index in [1.807, 2.05) is 12.1 Å². The van der Waals surface area contributed by atoms with E-state index in [0.717, 1.165) is 16.7 Å². The summed E-state index contributed by atoms with van der Waals surface area (Å²) in [5.41, 5.74) is 0.844. The fourth-order valence-corrected chi connectivity index (χ4v) is 3.24. The molecule has 1 aromatic rings. The van der Waals surface area contributed by atoms with Crippen molar-refractivity contribution in [3.63, 3.8) is 0 Å². The normalized spacial score (nSPS) is 12.5. The van der Waals surface area contributed by atoms with Crippen molar-refractivity contribution < 1.29 is 0 Å². The van der Waals surface area contributed by atoms with Crippen LogP contribution in [0, 0.1) is 5.92 Å². The monoisotopic (exact) mass is 351 g/mol. The summed E-state index contributed by atoms with van der Waals surface area (Å²) in [4.78, 5) is 0. The van der Waals surface area contributed by atoms with Crippen molar-refractivity contribution in [1.29, 1.82) is 0 Å². The molecule has 0 fully saturated rings. The Bertz CT molecular complexity index is 359. The standard InChI is InChI=1S/C14H20BrCl2N/c1-3-5-6-10(4-2)9-18-14-12(16)7-11(15)8-13(14)17/h7-8,10,18H,3-6,9H2,1-2H3. The molecule has 1 rings (SSSR count). The Hall–Kier alpha value is 0.0800. The molecule has 1 aromatic carbocycles. The Kier molecular flexibility index (Phi) is 7.43. The Morgan fingerprint density at radius 3 is 2.33 bits per heavy atom. The van der Waals surface area contributed by atoms with E-state index >= 15 is 0 Å². The minimum Gasteiger partial charge on any atom is -0.382 e. The van der Waals surface area contributed by atoms with Gasteiger partial charge in [0.05, 0.1) is 15.7 Å². The highest BCUT2D eigenvalue weighted by Gasteiger charge is 2.10. The predicted molar refractivity (Wildman–Crippen MR) is 86.0 cm³/mol. The van der Waals surface area contributed by atoms with Gasteiger partial charge in [-0.3, -0.25) is 0 Å². The van der Waals surface area contributed by atoms with Crippen LogP contribution in [0.1, 0.15) is 39.5 Å². The van der Waals surface area contributed by atoms with Crippen molar-refractivity contribution in [2.75, 3.05) is 11.9 Å². The summed E-state index contributed by atoms with van der Waals surface area (Å²) in [7, 11) is 0. The second-order valence-corrected chi connectivity index (χ2v) is 6.27. The van der Waals surface area contributed by atoms with Gasteiger partial charge in [0, 0.05) is 11.0 Å². The van der Waals surface area contributed by atoms with Gasteiger partial charge in [0.25, 0.3) is 0 Å². The molecule has 4 heteroatoms. The van der Waals surface area contributed by atoms with Gasteiger partial charge in [-0.2, -0.15) is 0 Å². The first-order valence-electron chi connectivity index (χ1n) is 6.46. The second kappa shape index (κ2) is 8.29. The van der Waals surface area contributed by atoms with E-state index in [1.165, 1.54) is 25.7 Å². The molecule has 1 nitrogen and oxygen atoms in total. The van der Waals surface area contributed by atoms with Gasteiger partial charge in [0.15, 0.2) is 0 Å². The number of hydrogen-bond acceptors (Lipinski definition) is 1. The molecule has 0 amide bonds. The van der Waals surface area contributed by atoms with Gasteiger partial charge in [-0.1, -0.05) is 72.2 Å². The molecule has 0 bridgehead atoms. The van der Waals surface area contributed by atoms with Gasteiger partial charge >= 0.3 is 0 Å². The highest BCUT2D eigenvalue weighted by Crippen LogP contribution is 2.34. The highest BCUT2D eigenvalue weighted by molar-refractivity contribution is 9.10. The van der Waals surface area contributed by atoms with Gasteiger partial charge in [-0.15, -0.1) is 0 Å². The van der Waals surface area contributed by atoms with Crippen LogP contribution < -0.4 is 5.32 Å². The van der Waals surface area contributed by atoms with Crippen LogP contribution in [0.15, 0.2) is 16.6 Å². The number of halogens is 3. The SMILES string of the molecule is CCCCC(CC)CNc1c(Cl)cc(Br)cc1Cl. The molecule has 1 N–H and O–H groups in total. The molecular formula is C14H20BrCl2N. The molecule has 0 aromatic heterocycles. The van der Waals surface area contributed by atoms with Crippen LogP contribution in [0.5, 0.6) is 0 Å². The van der Waals surface area contributed by atoms with Crippen molar-refractivity contribution in [2.45, 2.75) is 39.5 Å². The van der Waals surface area contributed by atoms with E-state index in [0.29, 0.717) is 16.0 Å². The number of hydrogen-bond donors (Lipinski definition) is 1. The summed E-state index contributed by atoms with van der Waals surface area (Å²) in [6, 6.07) is 3.73. The van der Waals surface area contributed by atoms with E-state index in [2.05, 4.69) is 35.1 Å². The van der Waals surface area contributed by atoms with Crippen LogP contribution in [-0.2, 0) is 0 Å². The Balaban J connectivity index is 2.62. The van der Waals surface area contributed by atoms with E-state index < -0.39 is 0 Å². The molecule has 0 aliphatic carbocycles. The van der Waals surface area contributed by atoms with Crippen LogP contribution in [0.4, 0.5) is 5.69 Å². The molecule has 0 spiro atoms. The molecule has 0 heterocycles. The molecule has 0 aliphatic heterocycles. The first-order chi connectivity index (χ1) is 8.58. The lowest BCUT2D eigenvalue weighted by atomic mass is 9.99. The molecule has 18 heavy (non-hydrogen) atoms. The van der Waals surface area contributed by atoms with Gasteiger partial charge in [0.2, 0.25) is 0 Å². The minimum absolute atomic E-state index is 0.666. The smallest absolute Gasteiger partial charge is 0.0719 e. The van der Waals surface area contributed by atoms with Gasteiger partial charge in [-0.05, 0) is 24.5 Å². The topological polar surface area (TPSA) is 12.0 Å². The van der Waals surface area contributed by atoms with Crippen LogP contribution in [0.25, 0.3) is 0 Å². The van der Waals surface area contributed by atoms with Crippen LogP contribution in [0.2, 0.25) is 10.0 Å². The molecule has 0 aliphatic rings. The van der Waals surface area contributed by atoms with E-state index in [4.69, 9.17) is 23.2 Å². The largest absolute Gasteiger partial charge is 0.382 e. The third-order valence-corrected chi connectivity index (χ3v) is 4.17. The average Bonchev–Trinajstić information content (AvgIpc) is 2.31. The lowest BCUT2D eigenvalue weighted by molar-refractivity contribution is 0.473. The highest BCUT2D eigenvalue weighted by atomic mass is 79.9. The molecular weight excluding hydrogens is 333 g/mol. The maximum Gasteiger partial charge on any atom is 0.0719 e. The summed E-state index contributed by atoms with van der Waals surface area (Å²) in [6.07, 6.45) is 4.96. The predicted octanol–water partition coefficient (Wildman–Crippen LogP) is 6.38. The Labute approximate surface area is 128 Å². The van der Waals surface area contributed by atoms with Crippen molar-refractivity contribution in [3.05, 3.63) is 26.7 Å². The van der Waals surface area contributed by atoms with Gasteiger partial charge < -0.3 is 5.32 Å². The van der Waals surface area contributed by atoms with Crippen LogP contribution in [-0.4, -0.2) is 6.54 Å². The maximum absolute atomic E-state index is 6.19. The summed E-state index contributed by atoms with van der Waals surface area (Å²) in [5, 5.41) is 4.72. The third kappa shape index (κ3) is 4.99. The summed E-state index contributed by atoms with van der Waals surface area (Å²) < 4.78 is 0.904. The zero-order chi connectivity index (χ0) is 13.5. The zero-order valence-electron chi connectivity index (χ0n) is 10.9. The number of anilines is 1. The molecule has 0 radical (unpaired) electrons. The van der Waals surface area contributed by atoms with E-state index in [9.17, 15) is 0 Å². The van der Waals surface area contributed by atoms with Crippen molar-refractivity contribution >= 4 is 44.8 Å². The number of nitrogens with one attached hydrogen (secondary N) is 1. The third-order valence-electron chi connectivity index (χ3n) is 3.12. The molecule has 1 atom stereocenters. The average molecular weight is 353 g/mol. The molecule has 1 unspecified atom stereocenters. The van der Waals surface area contributed by atoms with Gasteiger partial charge in [-0.25, -0.2) is 0 Å². The fourth-order valence-electron chi connectivity index (χ4n) is 1.90. The summed E-state index contributed by atoms with van der Waals surface area (Å²) in [6.45, 7) is 5.38. The number of benzene rings is 1. The first kappa shape index (κ1) is 16.1. The lowest BCUT2D eigenvalue weighted by Gasteiger charge is -2.17. The van der Waals surface area contributed by atoms with Crippen molar-refractivity contribution in [3.8, 4) is 0 Å². The maximum atomic E-state index is 6.19. The second-order valence-electron chi connectivity index (χ2n) is 4.54. The molecule has 0 saturated heterocycles. The molecule has 102 valence electrons. The zero-order valence-corrected chi connectivity index (χ0v) is 14.0. The minimum atomic E-state index is 0.666. The summed E-state index contributed by atoms with van der Waals surface area (Å²) in [5.74, 6) is 0.681. The summed E-state index contributed by atoms with van der Waals surface area (Å²) >= 11 is 15.8. The van der Waals surface area contributed by atoms with E-state index in [-0.39, 0.29) is 0 Å². The van der Waals surface area contributed by atoms with Crippen molar-refractivity contribution in [2.24, 2.45) is 5.92 Å². The lowest BCUT2D eigenvalue weighted by Crippen LogP contribution is -2.14. The van der Waals surface area contributed by atoms with E-state index in [1.54, 1.807) is 0 Å². The Morgan fingerprint density at radius 1 is 1.22 bits per heavy atom. The quantitative estimate of drug-likeness (QED) is 0.599. The number of rotatable bonds is 7. The van der Waals surface area contributed by atoms with Crippen molar-refractivity contribution in [1.82, 2.24) is 0 Å². The Morgan fingerprint density at radius 2 is 1.83 bits per heavy atom. The van der Waals surface area contributed by atoms with Crippen LogP contribution in [0.3, 0.4) is 0 Å².